The minimum Gasteiger partial charge on any atom is -0.378 e. The molecule has 3 aliphatic heterocycles. The van der Waals surface area contributed by atoms with Crippen LogP contribution >= 0.6 is 0 Å². The molecule has 0 aromatic carbocycles. The lowest BCUT2D eigenvalue weighted by atomic mass is 9.99. The molecule has 5 heterocycles. The Morgan fingerprint density at radius 2 is 1.82 bits per heavy atom. The van der Waals surface area contributed by atoms with Crippen molar-refractivity contribution in [1.82, 2.24) is 24.8 Å². The summed E-state index contributed by atoms with van der Waals surface area (Å²) in [5, 5.41) is 0. The Bertz CT molecular complexity index is 1080. The van der Waals surface area contributed by atoms with Crippen molar-refractivity contribution in [2.45, 2.75) is 44.7 Å². The van der Waals surface area contributed by atoms with Gasteiger partial charge in [0.05, 0.1) is 30.0 Å². The van der Waals surface area contributed by atoms with Crippen LogP contribution in [0.5, 0.6) is 0 Å². The summed E-state index contributed by atoms with van der Waals surface area (Å²) in [6.45, 7) is 10.6. The molecule has 0 spiro atoms. The fraction of sp³-hybridized carbons (Fsp3) is 0.609. The van der Waals surface area contributed by atoms with Crippen molar-refractivity contribution in [1.29, 1.82) is 0 Å². The average Bonchev–Trinajstić information content (AvgIpc) is 3.43. The summed E-state index contributed by atoms with van der Waals surface area (Å²) in [5.41, 5.74) is 13.5. The summed E-state index contributed by atoms with van der Waals surface area (Å²) in [7, 11) is 0. The van der Waals surface area contributed by atoms with Gasteiger partial charge < -0.3 is 30.9 Å². The topological polar surface area (TPSA) is 140 Å². The van der Waals surface area contributed by atoms with Crippen LogP contribution in [-0.4, -0.2) is 87.8 Å². The van der Waals surface area contributed by atoms with Crippen LogP contribution < -0.4 is 21.3 Å². The van der Waals surface area contributed by atoms with Gasteiger partial charge in [-0.1, -0.05) is 0 Å². The first kappa shape index (κ1) is 22.7. The van der Waals surface area contributed by atoms with E-state index in [9.17, 15) is 4.79 Å². The minimum absolute atomic E-state index is 0.0212. The van der Waals surface area contributed by atoms with Crippen LogP contribution in [0.1, 0.15) is 32.8 Å². The van der Waals surface area contributed by atoms with E-state index < -0.39 is 5.54 Å². The zero-order valence-electron chi connectivity index (χ0n) is 20.1. The van der Waals surface area contributed by atoms with Crippen molar-refractivity contribution in [2.75, 3.05) is 61.5 Å². The molecule has 1 amide bonds. The van der Waals surface area contributed by atoms with Crippen LogP contribution in [0.3, 0.4) is 0 Å². The number of carbonyl (C=O) groups excluding carboxylic acids is 1. The smallest absolute Gasteiger partial charge is 0.242 e. The van der Waals surface area contributed by atoms with Crippen LogP contribution in [0.4, 0.5) is 17.7 Å². The first-order valence-electron chi connectivity index (χ1n) is 11.8. The van der Waals surface area contributed by atoms with E-state index >= 15 is 0 Å². The summed E-state index contributed by atoms with van der Waals surface area (Å²) in [6.07, 6.45) is 5.10. The number of likely N-dealkylation sites (tertiary alicyclic amines) is 1. The zero-order valence-corrected chi connectivity index (χ0v) is 20.1. The molecule has 1 unspecified atom stereocenters. The number of nitrogens with zero attached hydrogens (tertiary/aromatic N) is 7. The van der Waals surface area contributed by atoms with Gasteiger partial charge in [0.25, 0.3) is 0 Å². The first-order chi connectivity index (χ1) is 16.2. The van der Waals surface area contributed by atoms with Crippen molar-refractivity contribution >= 4 is 23.6 Å². The minimum atomic E-state index is -0.887. The Kier molecular flexibility index (Phi) is 5.56. The molecule has 2 fully saturated rings. The number of carbonyl (C=O) groups is 1. The maximum absolute atomic E-state index is 12.9. The highest BCUT2D eigenvalue weighted by Crippen LogP contribution is 2.41. The molecule has 34 heavy (non-hydrogen) atoms. The Hall–Kier alpha value is -3.05. The van der Waals surface area contributed by atoms with Gasteiger partial charge in [-0.05, 0) is 33.6 Å². The van der Waals surface area contributed by atoms with Crippen molar-refractivity contribution in [3.8, 4) is 11.3 Å². The van der Waals surface area contributed by atoms with Gasteiger partial charge >= 0.3 is 0 Å². The van der Waals surface area contributed by atoms with Crippen LogP contribution in [0.2, 0.25) is 0 Å². The van der Waals surface area contributed by atoms with E-state index in [1.54, 1.807) is 26.2 Å². The highest BCUT2D eigenvalue weighted by molar-refractivity contribution is 5.85. The van der Waals surface area contributed by atoms with Gasteiger partial charge in [0.2, 0.25) is 17.8 Å². The fourth-order valence-electron chi connectivity index (χ4n) is 5.12. The first-order valence-corrected chi connectivity index (χ1v) is 11.8. The van der Waals surface area contributed by atoms with E-state index in [1.165, 1.54) is 0 Å². The van der Waals surface area contributed by atoms with Crippen molar-refractivity contribution < 1.29 is 9.53 Å². The molecule has 11 heteroatoms. The van der Waals surface area contributed by atoms with Crippen LogP contribution in [0, 0.1) is 0 Å². The monoisotopic (exact) mass is 467 g/mol. The predicted molar refractivity (Wildman–Crippen MR) is 129 cm³/mol. The molecular weight excluding hydrogens is 434 g/mol. The number of anilines is 3. The van der Waals surface area contributed by atoms with Crippen LogP contribution in [0.25, 0.3) is 11.3 Å². The van der Waals surface area contributed by atoms with Gasteiger partial charge in [0.15, 0.2) is 0 Å². The van der Waals surface area contributed by atoms with Gasteiger partial charge in [-0.15, -0.1) is 0 Å². The number of nitrogens with two attached hydrogens (primary N) is 2. The summed E-state index contributed by atoms with van der Waals surface area (Å²) in [6, 6.07) is 0. The van der Waals surface area contributed by atoms with Gasteiger partial charge in [-0.25, -0.2) is 15.0 Å². The quantitative estimate of drug-likeness (QED) is 0.651. The van der Waals surface area contributed by atoms with Gasteiger partial charge in [-0.3, -0.25) is 4.79 Å². The van der Waals surface area contributed by atoms with E-state index in [0.29, 0.717) is 32.3 Å². The van der Waals surface area contributed by atoms with E-state index in [2.05, 4.69) is 26.7 Å². The number of hydrogen-bond acceptors (Lipinski definition) is 10. The second kappa shape index (κ2) is 8.31. The predicted octanol–water partition coefficient (Wildman–Crippen LogP) is 0.443. The molecule has 3 aliphatic rings. The molecule has 2 aromatic rings. The standard InChI is InChI=1S/C23H33N9O2/c1-22(2,25)19(33)31-7-5-23(3,14-31)32-6-4-16-17(15-12-26-20(24)27-13-15)28-21(29-18(16)32)30-8-10-34-11-9-30/h12-13H,4-11,14,25H2,1-3H3,(H2,24,26,27). The van der Waals surface area contributed by atoms with E-state index in [0.717, 1.165) is 55.1 Å². The molecule has 0 saturated carbocycles. The molecular formula is C23H33N9O2. The second-order valence-electron chi connectivity index (χ2n) is 10.2. The van der Waals surface area contributed by atoms with Gasteiger partial charge in [0.1, 0.15) is 5.82 Å². The van der Waals surface area contributed by atoms with Crippen LogP contribution in [-0.2, 0) is 16.0 Å². The zero-order chi connectivity index (χ0) is 24.1. The molecule has 11 nitrogen and oxygen atoms in total. The number of amides is 1. The number of nitrogen functional groups attached to an aromatic ring is 1. The van der Waals surface area contributed by atoms with Crippen molar-refractivity contribution in [3.05, 3.63) is 18.0 Å². The summed E-state index contributed by atoms with van der Waals surface area (Å²) < 4.78 is 5.53. The molecule has 4 N–H and O–H groups in total. The lowest BCUT2D eigenvalue weighted by Gasteiger charge is -2.38. The van der Waals surface area contributed by atoms with Gasteiger partial charge in [-0.2, -0.15) is 4.98 Å². The summed E-state index contributed by atoms with van der Waals surface area (Å²) in [4.78, 5) is 37.7. The van der Waals surface area contributed by atoms with Crippen molar-refractivity contribution in [3.63, 3.8) is 0 Å². The lowest BCUT2D eigenvalue weighted by Crippen LogP contribution is -2.53. The number of fused-ring (bicyclic) bond motifs is 1. The molecule has 0 radical (unpaired) electrons. The molecule has 1 atom stereocenters. The largest absolute Gasteiger partial charge is 0.378 e. The molecule has 0 bridgehead atoms. The fourth-order valence-corrected chi connectivity index (χ4v) is 5.12. The third-order valence-corrected chi connectivity index (χ3v) is 7.00. The van der Waals surface area contributed by atoms with Crippen molar-refractivity contribution in [2.24, 2.45) is 5.73 Å². The maximum atomic E-state index is 12.9. The second-order valence-corrected chi connectivity index (χ2v) is 10.2. The number of aromatic nitrogens is 4. The lowest BCUT2D eigenvalue weighted by molar-refractivity contribution is -0.134. The maximum Gasteiger partial charge on any atom is 0.242 e. The highest BCUT2D eigenvalue weighted by Gasteiger charge is 2.46. The summed E-state index contributed by atoms with van der Waals surface area (Å²) >= 11 is 0. The number of ether oxygens (including phenoxy) is 1. The normalized spacial score (nSPS) is 22.9. The number of morpholine rings is 1. The molecule has 2 aromatic heterocycles. The van der Waals surface area contributed by atoms with Gasteiger partial charge in [0, 0.05) is 56.2 Å². The Morgan fingerprint density at radius 3 is 2.50 bits per heavy atom. The third kappa shape index (κ3) is 4.03. The number of hydrogen-bond donors (Lipinski definition) is 2. The Labute approximate surface area is 199 Å². The molecule has 5 rings (SSSR count). The SMILES string of the molecule is CC(C)(N)C(=O)N1CCC(C)(N2CCc3c(-c4cnc(N)nc4)nc(N4CCOCC4)nc32)C1. The third-order valence-electron chi connectivity index (χ3n) is 7.00. The van der Waals surface area contributed by atoms with Crippen LogP contribution in [0.15, 0.2) is 12.4 Å². The highest BCUT2D eigenvalue weighted by atomic mass is 16.5. The molecule has 0 aliphatic carbocycles. The molecule has 2 saturated heterocycles. The number of rotatable bonds is 4. The molecule has 182 valence electrons. The Morgan fingerprint density at radius 1 is 1.12 bits per heavy atom. The summed E-state index contributed by atoms with van der Waals surface area (Å²) in [5.74, 6) is 1.81. The van der Waals surface area contributed by atoms with E-state index in [-0.39, 0.29) is 17.4 Å². The Balaban J connectivity index is 1.53. The van der Waals surface area contributed by atoms with E-state index in [4.69, 9.17) is 26.2 Å². The van der Waals surface area contributed by atoms with E-state index in [1.807, 2.05) is 4.90 Å². The average molecular weight is 468 g/mol.